The summed E-state index contributed by atoms with van der Waals surface area (Å²) >= 11 is 1.05. The fourth-order valence-electron chi connectivity index (χ4n) is 0.456. The Kier molecular flexibility index (Phi) is 1.85. The predicted molar refractivity (Wildman–Crippen MR) is 31.8 cm³/mol. The number of methoxy groups -OCH3 is 1. The molecule has 1 aliphatic rings. The monoisotopic (exact) mass is 135 g/mol. The Morgan fingerprint density at radius 2 is 2.62 bits per heavy atom. The molecule has 0 aromatic heterocycles. The molecule has 2 unspecified atom stereocenters. The van der Waals surface area contributed by atoms with Gasteiger partial charge >= 0.3 is 0 Å². The summed E-state index contributed by atoms with van der Waals surface area (Å²) in [5.74, 6) is 0. The van der Waals surface area contributed by atoms with Crippen LogP contribution >= 0.6 is 11.8 Å². The van der Waals surface area contributed by atoms with Gasteiger partial charge in [-0.3, -0.25) is 4.99 Å². The van der Waals surface area contributed by atoms with E-state index >= 15 is 0 Å². The normalized spacial score (nSPS) is 36.2. The molecule has 0 aromatic rings. The van der Waals surface area contributed by atoms with Crippen molar-refractivity contribution in [1.82, 2.24) is 0 Å². The molecule has 46 valence electrons. The summed E-state index contributed by atoms with van der Waals surface area (Å²) < 4.78 is 16.9. The highest BCUT2D eigenvalue weighted by Crippen LogP contribution is 2.22. The van der Waals surface area contributed by atoms with Crippen molar-refractivity contribution in [2.24, 2.45) is 4.99 Å². The predicted octanol–water partition coefficient (Wildman–Crippen LogP) is 1.03. The number of hydrogen-bond acceptors (Lipinski definition) is 3. The Morgan fingerprint density at radius 3 is 2.88 bits per heavy atom. The Morgan fingerprint density at radius 1 is 1.88 bits per heavy atom. The van der Waals surface area contributed by atoms with E-state index in [0.717, 1.165) is 11.8 Å². The molecule has 0 N–H and O–H groups in total. The van der Waals surface area contributed by atoms with Gasteiger partial charge in [0.15, 0.2) is 11.7 Å². The fraction of sp³-hybridized carbons (Fsp3) is 0.750. The lowest BCUT2D eigenvalue weighted by molar-refractivity contribution is 0.0771. The first-order valence-corrected chi connectivity index (χ1v) is 3.13. The van der Waals surface area contributed by atoms with Crippen molar-refractivity contribution < 1.29 is 9.13 Å². The van der Waals surface area contributed by atoms with Crippen molar-refractivity contribution in [3.8, 4) is 0 Å². The van der Waals surface area contributed by atoms with Crippen LogP contribution in [-0.2, 0) is 4.74 Å². The number of hydrogen-bond donors (Lipinski definition) is 0. The van der Waals surface area contributed by atoms with Crippen LogP contribution in [0.15, 0.2) is 4.99 Å². The summed E-state index contributed by atoms with van der Waals surface area (Å²) in [4.78, 5) is 3.68. The first-order valence-electron chi connectivity index (χ1n) is 2.18. The van der Waals surface area contributed by atoms with Crippen LogP contribution in [-0.4, -0.2) is 24.4 Å². The summed E-state index contributed by atoms with van der Waals surface area (Å²) in [7, 11) is 1.44. The Labute approximate surface area is 51.1 Å². The molecule has 1 heterocycles. The van der Waals surface area contributed by atoms with Crippen LogP contribution in [0.2, 0.25) is 0 Å². The molecule has 8 heavy (non-hydrogen) atoms. The average Bonchev–Trinajstić information content (AvgIpc) is 2.14. The van der Waals surface area contributed by atoms with Crippen LogP contribution in [0, 0.1) is 0 Å². The lowest BCUT2D eigenvalue weighted by Crippen LogP contribution is -2.13. The molecule has 1 rings (SSSR count). The molecular weight excluding hydrogens is 129 g/mol. The van der Waals surface area contributed by atoms with Crippen LogP contribution in [0.1, 0.15) is 0 Å². The number of ether oxygens (including phenoxy) is 1. The van der Waals surface area contributed by atoms with E-state index in [4.69, 9.17) is 0 Å². The van der Waals surface area contributed by atoms with Crippen LogP contribution < -0.4 is 0 Å². The summed E-state index contributed by atoms with van der Waals surface area (Å²) in [5, 5.41) is 0. The van der Waals surface area contributed by atoms with Gasteiger partial charge < -0.3 is 4.74 Å². The first kappa shape index (κ1) is 6.04. The highest BCUT2D eigenvalue weighted by Gasteiger charge is 2.23. The molecule has 0 bridgehead atoms. The molecule has 0 fully saturated rings. The minimum Gasteiger partial charge on any atom is -0.356 e. The number of aliphatic imine (C=N–C) groups is 1. The lowest BCUT2D eigenvalue weighted by atomic mass is 10.6. The van der Waals surface area contributed by atoms with Crippen LogP contribution in [0.4, 0.5) is 4.39 Å². The van der Waals surface area contributed by atoms with Crippen molar-refractivity contribution in [3.05, 3.63) is 0 Å². The highest BCUT2D eigenvalue weighted by atomic mass is 32.2. The maximum Gasteiger partial charge on any atom is 0.197 e. The summed E-state index contributed by atoms with van der Waals surface area (Å²) in [6.45, 7) is 0. The second-order valence-electron chi connectivity index (χ2n) is 1.37. The van der Waals surface area contributed by atoms with E-state index in [2.05, 4.69) is 9.73 Å². The van der Waals surface area contributed by atoms with Gasteiger partial charge in [0.2, 0.25) is 0 Å². The standard InChI is InChI=1S/C4H6FNOS/c1-7-4-3(5)8-2-6-4/h2-4H,1H3. The Bertz CT molecular complexity index is 108. The van der Waals surface area contributed by atoms with Crippen LogP contribution in [0.3, 0.4) is 0 Å². The Hall–Kier alpha value is -0.0900. The number of thioether (sulfide) groups is 1. The van der Waals surface area contributed by atoms with Crippen molar-refractivity contribution >= 4 is 17.3 Å². The number of alkyl halides is 1. The SMILES string of the molecule is COC1N=CSC1F. The van der Waals surface area contributed by atoms with Crippen LogP contribution in [0.25, 0.3) is 0 Å². The molecule has 0 radical (unpaired) electrons. The van der Waals surface area contributed by atoms with E-state index < -0.39 is 11.7 Å². The molecule has 1 aliphatic heterocycles. The molecule has 0 amide bonds. The van der Waals surface area contributed by atoms with Gasteiger partial charge in [0, 0.05) is 7.11 Å². The highest BCUT2D eigenvalue weighted by molar-refractivity contribution is 8.12. The second kappa shape index (κ2) is 2.46. The van der Waals surface area contributed by atoms with Gasteiger partial charge in [0.1, 0.15) is 0 Å². The molecular formula is C4H6FNOS. The average molecular weight is 135 g/mol. The zero-order valence-corrected chi connectivity index (χ0v) is 5.19. The maximum absolute atomic E-state index is 12.3. The topological polar surface area (TPSA) is 21.6 Å². The molecule has 0 aliphatic carbocycles. The summed E-state index contributed by atoms with van der Waals surface area (Å²) in [5.41, 5.74) is 0.471. The fourth-order valence-corrected chi connectivity index (χ4v) is 1.08. The molecule has 0 spiro atoms. The van der Waals surface area contributed by atoms with E-state index in [0.29, 0.717) is 0 Å². The minimum absolute atomic E-state index is 0.569. The largest absolute Gasteiger partial charge is 0.356 e. The molecule has 2 atom stereocenters. The third kappa shape index (κ3) is 1.00. The van der Waals surface area contributed by atoms with E-state index in [1.54, 1.807) is 0 Å². The van der Waals surface area contributed by atoms with Crippen LogP contribution in [0.5, 0.6) is 0 Å². The molecule has 0 aromatic carbocycles. The summed E-state index contributed by atoms with van der Waals surface area (Å²) in [6, 6.07) is 0. The maximum atomic E-state index is 12.3. The van der Waals surface area contributed by atoms with Gasteiger partial charge in [-0.05, 0) is 0 Å². The zero-order valence-electron chi connectivity index (χ0n) is 4.37. The van der Waals surface area contributed by atoms with E-state index in [1.165, 1.54) is 12.7 Å². The number of rotatable bonds is 1. The quantitative estimate of drug-likeness (QED) is 0.535. The van der Waals surface area contributed by atoms with E-state index in [1.807, 2.05) is 0 Å². The lowest BCUT2D eigenvalue weighted by Gasteiger charge is -2.04. The molecule has 0 saturated heterocycles. The third-order valence-electron chi connectivity index (χ3n) is 0.864. The van der Waals surface area contributed by atoms with E-state index in [-0.39, 0.29) is 0 Å². The number of halogens is 1. The first-order chi connectivity index (χ1) is 3.84. The Balaban J connectivity index is 2.41. The van der Waals surface area contributed by atoms with Crippen molar-refractivity contribution in [2.45, 2.75) is 11.7 Å². The molecule has 0 saturated carbocycles. The van der Waals surface area contributed by atoms with Crippen molar-refractivity contribution in [3.63, 3.8) is 0 Å². The van der Waals surface area contributed by atoms with Crippen molar-refractivity contribution in [1.29, 1.82) is 0 Å². The van der Waals surface area contributed by atoms with Gasteiger partial charge in [-0.15, -0.1) is 0 Å². The molecule has 4 heteroatoms. The number of nitrogens with zero attached hydrogens (tertiary/aromatic N) is 1. The van der Waals surface area contributed by atoms with Gasteiger partial charge in [-0.2, -0.15) is 0 Å². The van der Waals surface area contributed by atoms with Gasteiger partial charge in [-0.1, -0.05) is 11.8 Å². The van der Waals surface area contributed by atoms with E-state index in [9.17, 15) is 4.39 Å². The zero-order chi connectivity index (χ0) is 5.98. The van der Waals surface area contributed by atoms with Gasteiger partial charge in [0.25, 0.3) is 0 Å². The molecule has 2 nitrogen and oxygen atoms in total. The minimum atomic E-state index is -1.00. The van der Waals surface area contributed by atoms with Gasteiger partial charge in [-0.25, -0.2) is 4.39 Å². The second-order valence-corrected chi connectivity index (χ2v) is 2.30. The van der Waals surface area contributed by atoms with Gasteiger partial charge in [0.05, 0.1) is 5.55 Å². The third-order valence-corrected chi connectivity index (χ3v) is 1.60. The smallest absolute Gasteiger partial charge is 0.197 e. The van der Waals surface area contributed by atoms with Crippen molar-refractivity contribution in [2.75, 3.05) is 7.11 Å². The summed E-state index contributed by atoms with van der Waals surface area (Å²) in [6.07, 6.45) is -0.569.